The third-order valence-corrected chi connectivity index (χ3v) is 3.40. The molecular formula is C8H10N4O4S. The highest BCUT2D eigenvalue weighted by Gasteiger charge is 2.16. The van der Waals surface area contributed by atoms with Crippen LogP contribution in [0.2, 0.25) is 0 Å². The van der Waals surface area contributed by atoms with Crippen LogP contribution in [0.15, 0.2) is 28.1 Å². The number of aromatic amines is 1. The molecule has 8 nitrogen and oxygen atoms in total. The molecule has 3 N–H and O–H groups in total. The number of nitrogens with zero attached hydrogens (tertiary/aromatic N) is 2. The maximum absolute atomic E-state index is 11.8. The molecule has 0 aliphatic rings. The molecule has 0 unspecified atom stereocenters. The summed E-state index contributed by atoms with van der Waals surface area (Å²) in [5, 5.41) is 12.3. The Hall–Kier alpha value is -1.71. The van der Waals surface area contributed by atoms with Gasteiger partial charge in [-0.3, -0.25) is 0 Å². The highest BCUT2D eigenvalue weighted by molar-refractivity contribution is 7.89. The molecule has 0 fully saturated rings. The molecule has 92 valence electrons. The highest BCUT2D eigenvalue weighted by Crippen LogP contribution is 2.10. The molecular weight excluding hydrogens is 248 g/mol. The molecule has 17 heavy (non-hydrogen) atoms. The molecule has 9 heteroatoms. The summed E-state index contributed by atoms with van der Waals surface area (Å²) in [4.78, 5) is 6.36. The fourth-order valence-corrected chi connectivity index (χ4v) is 2.18. The van der Waals surface area contributed by atoms with Gasteiger partial charge in [0.1, 0.15) is 0 Å². The van der Waals surface area contributed by atoms with Crippen LogP contribution in [-0.4, -0.2) is 28.6 Å². The van der Waals surface area contributed by atoms with Crippen molar-refractivity contribution in [1.29, 1.82) is 0 Å². The van der Waals surface area contributed by atoms with Crippen LogP contribution in [0.5, 0.6) is 0 Å². The van der Waals surface area contributed by atoms with Gasteiger partial charge in [0.25, 0.3) is 0 Å². The molecule has 2 heterocycles. The molecule has 0 atom stereocenters. The normalized spacial score (nSPS) is 11.8. The van der Waals surface area contributed by atoms with Gasteiger partial charge in [-0.25, -0.2) is 13.1 Å². The van der Waals surface area contributed by atoms with E-state index in [1.165, 1.54) is 12.3 Å². The standard InChI is InChI=1S/C8H10N4O4S/c13-4-6-1-7(2-9-6)17(14,15)11-3-8-10-5-16-12-8/h1-2,5,9,11,13H,3-4H2. The van der Waals surface area contributed by atoms with Crippen molar-refractivity contribution in [2.75, 3.05) is 0 Å². The minimum absolute atomic E-state index is 0.0463. The second-order valence-corrected chi connectivity index (χ2v) is 4.96. The molecule has 2 aromatic rings. The zero-order chi connectivity index (χ0) is 12.3. The summed E-state index contributed by atoms with van der Waals surface area (Å²) in [5.41, 5.74) is 0.421. The monoisotopic (exact) mass is 258 g/mol. The molecule has 0 amide bonds. The predicted molar refractivity (Wildman–Crippen MR) is 55.0 cm³/mol. The fourth-order valence-electron chi connectivity index (χ4n) is 1.18. The molecule has 0 aliphatic carbocycles. The molecule has 2 rings (SSSR count). The number of sulfonamides is 1. The lowest BCUT2D eigenvalue weighted by Gasteiger charge is -2.01. The predicted octanol–water partition coefficient (Wildman–Crippen LogP) is -0.632. The number of nitrogens with one attached hydrogen (secondary N) is 2. The second kappa shape index (κ2) is 4.65. The van der Waals surface area contributed by atoms with Crippen LogP contribution in [0.4, 0.5) is 0 Å². The van der Waals surface area contributed by atoms with Crippen molar-refractivity contribution in [2.45, 2.75) is 18.0 Å². The zero-order valence-electron chi connectivity index (χ0n) is 8.62. The average Bonchev–Trinajstić information content (AvgIpc) is 2.98. The maximum Gasteiger partial charge on any atom is 0.242 e. The van der Waals surface area contributed by atoms with Gasteiger partial charge in [-0.15, -0.1) is 0 Å². The van der Waals surface area contributed by atoms with Crippen LogP contribution >= 0.6 is 0 Å². The number of hydrogen-bond acceptors (Lipinski definition) is 6. The van der Waals surface area contributed by atoms with Gasteiger partial charge in [-0.1, -0.05) is 5.16 Å². The largest absolute Gasteiger partial charge is 0.390 e. The summed E-state index contributed by atoms with van der Waals surface area (Å²) in [7, 11) is -3.64. The van der Waals surface area contributed by atoms with Gasteiger partial charge in [0.2, 0.25) is 16.4 Å². The van der Waals surface area contributed by atoms with Gasteiger partial charge >= 0.3 is 0 Å². The van der Waals surface area contributed by atoms with E-state index >= 15 is 0 Å². The SMILES string of the molecule is O=S(=O)(NCc1ncon1)c1c[nH]c(CO)c1. The molecule has 0 radical (unpaired) electrons. The van der Waals surface area contributed by atoms with E-state index in [1.54, 1.807) is 0 Å². The van der Waals surface area contributed by atoms with Crippen LogP contribution in [0.25, 0.3) is 0 Å². The lowest BCUT2D eigenvalue weighted by Crippen LogP contribution is -2.23. The van der Waals surface area contributed by atoms with Gasteiger partial charge < -0.3 is 14.6 Å². The zero-order valence-corrected chi connectivity index (χ0v) is 9.44. The van der Waals surface area contributed by atoms with Crippen LogP contribution < -0.4 is 4.72 Å². The number of aliphatic hydroxyl groups excluding tert-OH is 1. The fraction of sp³-hybridized carbons (Fsp3) is 0.250. The van der Waals surface area contributed by atoms with Crippen LogP contribution in [0.3, 0.4) is 0 Å². The molecule has 2 aromatic heterocycles. The molecule has 0 spiro atoms. The number of H-pyrrole nitrogens is 1. The number of aliphatic hydroxyl groups is 1. The van der Waals surface area contributed by atoms with Crippen LogP contribution in [-0.2, 0) is 23.2 Å². The Morgan fingerprint density at radius 2 is 2.35 bits per heavy atom. The van der Waals surface area contributed by atoms with Gasteiger partial charge in [0, 0.05) is 11.9 Å². The first kappa shape index (κ1) is 11.8. The average molecular weight is 258 g/mol. The Morgan fingerprint density at radius 3 is 2.94 bits per heavy atom. The summed E-state index contributed by atoms with van der Waals surface area (Å²) < 4.78 is 30.3. The van der Waals surface area contributed by atoms with E-state index in [1.807, 2.05) is 0 Å². The van der Waals surface area contributed by atoms with Crippen molar-refractivity contribution in [3.8, 4) is 0 Å². The first-order valence-corrected chi connectivity index (χ1v) is 6.13. The lowest BCUT2D eigenvalue weighted by atomic mass is 10.5. The topological polar surface area (TPSA) is 121 Å². The minimum Gasteiger partial charge on any atom is -0.390 e. The molecule has 0 saturated heterocycles. The van der Waals surface area contributed by atoms with Gasteiger partial charge in [-0.05, 0) is 6.07 Å². The second-order valence-electron chi connectivity index (χ2n) is 3.19. The van der Waals surface area contributed by atoms with Gasteiger partial charge in [-0.2, -0.15) is 4.98 Å². The third-order valence-electron chi connectivity index (χ3n) is 2.02. The number of hydrogen-bond donors (Lipinski definition) is 3. The lowest BCUT2D eigenvalue weighted by molar-refractivity contribution is 0.277. The van der Waals surface area contributed by atoms with Crippen molar-refractivity contribution < 1.29 is 18.0 Å². The maximum atomic E-state index is 11.8. The summed E-state index contributed by atoms with van der Waals surface area (Å²) in [6.07, 6.45) is 2.41. The van der Waals surface area contributed by atoms with E-state index in [0.717, 1.165) is 6.39 Å². The Bertz CT molecular complexity index is 574. The smallest absolute Gasteiger partial charge is 0.242 e. The third kappa shape index (κ3) is 2.70. The van der Waals surface area contributed by atoms with E-state index < -0.39 is 10.0 Å². The Morgan fingerprint density at radius 1 is 1.53 bits per heavy atom. The van der Waals surface area contributed by atoms with E-state index in [-0.39, 0.29) is 23.9 Å². The molecule has 0 saturated carbocycles. The Balaban J connectivity index is 2.08. The summed E-state index contributed by atoms with van der Waals surface area (Å²) >= 11 is 0. The van der Waals surface area contributed by atoms with Crippen LogP contribution in [0, 0.1) is 0 Å². The quantitative estimate of drug-likeness (QED) is 0.656. The van der Waals surface area contributed by atoms with Crippen molar-refractivity contribution in [3.05, 3.63) is 30.2 Å². The van der Waals surface area contributed by atoms with Crippen molar-refractivity contribution in [1.82, 2.24) is 19.8 Å². The van der Waals surface area contributed by atoms with E-state index in [9.17, 15) is 8.42 Å². The molecule has 0 aromatic carbocycles. The van der Waals surface area contributed by atoms with Crippen molar-refractivity contribution in [3.63, 3.8) is 0 Å². The van der Waals surface area contributed by atoms with Gasteiger partial charge in [0.15, 0.2) is 5.82 Å². The first-order chi connectivity index (χ1) is 8.12. The van der Waals surface area contributed by atoms with Crippen molar-refractivity contribution in [2.24, 2.45) is 0 Å². The summed E-state index contributed by atoms with van der Waals surface area (Å²) in [6.45, 7) is -0.307. The van der Waals surface area contributed by atoms with E-state index in [2.05, 4.69) is 24.4 Å². The number of aromatic nitrogens is 3. The highest BCUT2D eigenvalue weighted by atomic mass is 32.2. The van der Waals surface area contributed by atoms with E-state index in [0.29, 0.717) is 5.69 Å². The van der Waals surface area contributed by atoms with Crippen LogP contribution in [0.1, 0.15) is 11.5 Å². The minimum atomic E-state index is -3.64. The van der Waals surface area contributed by atoms with E-state index in [4.69, 9.17) is 5.11 Å². The molecule has 0 aliphatic heterocycles. The van der Waals surface area contributed by atoms with Crippen molar-refractivity contribution >= 4 is 10.0 Å². The Labute approximate surface area is 96.7 Å². The molecule has 0 bridgehead atoms. The summed E-state index contributed by atoms with van der Waals surface area (Å²) in [5.74, 6) is 0.242. The Kier molecular flexibility index (Phi) is 3.22. The first-order valence-electron chi connectivity index (χ1n) is 4.65. The van der Waals surface area contributed by atoms with Gasteiger partial charge in [0.05, 0.1) is 18.0 Å². The number of rotatable bonds is 5. The summed E-state index contributed by atoms with van der Waals surface area (Å²) in [6, 6.07) is 1.35.